The zero-order valence-electron chi connectivity index (χ0n) is 19.5. The third-order valence-corrected chi connectivity index (χ3v) is 7.43. The van der Waals surface area contributed by atoms with Gasteiger partial charge in [0.2, 0.25) is 0 Å². The molecule has 164 valence electrons. The van der Waals surface area contributed by atoms with Gasteiger partial charge in [0.05, 0.1) is 11.3 Å². The van der Waals surface area contributed by atoms with Crippen molar-refractivity contribution in [3.63, 3.8) is 0 Å². The van der Waals surface area contributed by atoms with Crippen molar-refractivity contribution in [1.82, 2.24) is 9.97 Å². The van der Waals surface area contributed by atoms with E-state index in [0.29, 0.717) is 17.3 Å². The summed E-state index contributed by atoms with van der Waals surface area (Å²) in [4.78, 5) is 12.4. The van der Waals surface area contributed by atoms with Crippen LogP contribution in [-0.4, -0.2) is 23.1 Å². The molecular formula is C26H35N5. The summed E-state index contributed by atoms with van der Waals surface area (Å²) in [6.45, 7) is 6.61. The Morgan fingerprint density at radius 3 is 2.65 bits per heavy atom. The van der Waals surface area contributed by atoms with E-state index in [1.807, 2.05) is 6.07 Å². The summed E-state index contributed by atoms with van der Waals surface area (Å²) in [6, 6.07) is 7.06. The number of aryl methyl sites for hydroxylation is 2. The van der Waals surface area contributed by atoms with Crippen LogP contribution in [0.2, 0.25) is 0 Å². The van der Waals surface area contributed by atoms with Gasteiger partial charge in [0.25, 0.3) is 0 Å². The van der Waals surface area contributed by atoms with Crippen molar-refractivity contribution in [2.75, 3.05) is 17.7 Å². The summed E-state index contributed by atoms with van der Waals surface area (Å²) < 4.78 is 0. The highest BCUT2D eigenvalue weighted by Gasteiger charge is 2.39. The average molecular weight is 418 g/mol. The van der Waals surface area contributed by atoms with Crippen LogP contribution in [0, 0.1) is 11.3 Å². The highest BCUT2D eigenvalue weighted by atomic mass is 15.2. The second kappa shape index (κ2) is 8.49. The minimum absolute atomic E-state index is 0.149. The molecule has 5 heteroatoms. The lowest BCUT2D eigenvalue weighted by molar-refractivity contribution is 0.385. The lowest BCUT2D eigenvalue weighted by Gasteiger charge is -2.41. The quantitative estimate of drug-likeness (QED) is 0.678. The number of anilines is 2. The van der Waals surface area contributed by atoms with Gasteiger partial charge in [-0.15, -0.1) is 0 Å². The van der Waals surface area contributed by atoms with Crippen LogP contribution in [0.15, 0.2) is 12.1 Å². The Hall–Kier alpha value is -2.61. The monoisotopic (exact) mass is 417 g/mol. The van der Waals surface area contributed by atoms with Gasteiger partial charge in [0.15, 0.2) is 0 Å². The van der Waals surface area contributed by atoms with Crippen LogP contribution in [-0.2, 0) is 31.1 Å². The summed E-state index contributed by atoms with van der Waals surface area (Å²) >= 11 is 0. The Labute approximate surface area is 186 Å². The van der Waals surface area contributed by atoms with E-state index in [9.17, 15) is 5.26 Å². The van der Waals surface area contributed by atoms with Gasteiger partial charge in [0, 0.05) is 36.2 Å². The molecule has 2 aliphatic carbocycles. The van der Waals surface area contributed by atoms with Crippen LogP contribution >= 0.6 is 0 Å². The van der Waals surface area contributed by atoms with Gasteiger partial charge in [-0.05, 0) is 62.1 Å². The molecule has 1 fully saturated rings. The summed E-state index contributed by atoms with van der Waals surface area (Å²) in [7, 11) is 2.20. The van der Waals surface area contributed by atoms with Gasteiger partial charge in [-0.2, -0.15) is 5.26 Å². The fourth-order valence-corrected chi connectivity index (χ4v) is 5.39. The largest absolute Gasteiger partial charge is 0.398 e. The van der Waals surface area contributed by atoms with Crippen LogP contribution in [0.5, 0.6) is 0 Å². The Kier molecular flexibility index (Phi) is 5.92. The van der Waals surface area contributed by atoms with Gasteiger partial charge in [-0.1, -0.05) is 33.3 Å². The Bertz CT molecular complexity index is 1020. The molecule has 4 rings (SSSR count). The summed E-state index contributed by atoms with van der Waals surface area (Å²) in [5, 5.41) is 9.96. The minimum atomic E-state index is -0.149. The van der Waals surface area contributed by atoms with E-state index >= 15 is 0 Å². The van der Waals surface area contributed by atoms with Crippen LogP contribution in [0.1, 0.15) is 86.6 Å². The number of rotatable bonds is 6. The van der Waals surface area contributed by atoms with Crippen molar-refractivity contribution >= 4 is 11.5 Å². The van der Waals surface area contributed by atoms with Crippen molar-refractivity contribution in [1.29, 1.82) is 5.26 Å². The third-order valence-electron chi connectivity index (χ3n) is 7.43. The molecule has 1 aromatic heterocycles. The van der Waals surface area contributed by atoms with Gasteiger partial charge >= 0.3 is 0 Å². The molecule has 2 aliphatic rings. The van der Waals surface area contributed by atoms with E-state index in [4.69, 9.17) is 15.7 Å². The van der Waals surface area contributed by atoms with Crippen molar-refractivity contribution in [3.8, 4) is 6.07 Å². The molecule has 0 bridgehead atoms. The second-order valence-corrected chi connectivity index (χ2v) is 9.60. The number of nitriles is 1. The van der Waals surface area contributed by atoms with Crippen LogP contribution < -0.4 is 10.6 Å². The predicted octanol–water partition coefficient (Wildman–Crippen LogP) is 4.88. The summed E-state index contributed by atoms with van der Waals surface area (Å²) in [5.74, 6) is 2.06. The third kappa shape index (κ3) is 3.78. The number of aromatic nitrogens is 2. The molecule has 0 amide bonds. The molecular weight excluding hydrogens is 382 g/mol. The smallest absolute Gasteiger partial charge is 0.135 e. The molecule has 0 aliphatic heterocycles. The van der Waals surface area contributed by atoms with E-state index in [0.717, 1.165) is 61.4 Å². The van der Waals surface area contributed by atoms with Gasteiger partial charge < -0.3 is 10.6 Å². The number of fused-ring (bicyclic) bond motifs is 1. The summed E-state index contributed by atoms with van der Waals surface area (Å²) in [6.07, 6.45) is 9.42. The number of benzene rings is 1. The topological polar surface area (TPSA) is 78.8 Å². The summed E-state index contributed by atoms with van der Waals surface area (Å²) in [5.41, 5.74) is 12.2. The molecule has 0 radical (unpaired) electrons. The van der Waals surface area contributed by atoms with Gasteiger partial charge in [0.1, 0.15) is 17.7 Å². The highest BCUT2D eigenvalue weighted by molar-refractivity contribution is 5.63. The molecule has 1 aromatic carbocycles. The molecule has 2 aromatic rings. The standard InChI is InChI=1S/C26H35N5/c1-5-8-17-11-12-21(28)20(16-27)24(17)26(3)14-13-19-22(15-26)29-23(6-2)30-25(19)31(4)18-9-7-10-18/h11-12,18H,5-10,13-15,28H2,1-4H3. The Morgan fingerprint density at radius 1 is 1.26 bits per heavy atom. The number of hydrogen-bond acceptors (Lipinski definition) is 5. The van der Waals surface area contributed by atoms with Crippen molar-refractivity contribution in [3.05, 3.63) is 45.9 Å². The van der Waals surface area contributed by atoms with Crippen molar-refractivity contribution < 1.29 is 0 Å². The van der Waals surface area contributed by atoms with E-state index in [-0.39, 0.29) is 5.41 Å². The maximum absolute atomic E-state index is 9.96. The fraction of sp³-hybridized carbons (Fsp3) is 0.577. The number of hydrogen-bond donors (Lipinski definition) is 1. The first-order valence-corrected chi connectivity index (χ1v) is 11.8. The lowest BCUT2D eigenvalue weighted by Crippen LogP contribution is -2.40. The van der Waals surface area contributed by atoms with Crippen LogP contribution in [0.4, 0.5) is 11.5 Å². The SMILES string of the molecule is CCCc1ccc(N)c(C#N)c1C1(C)CCc2c(nc(CC)nc2N(C)C2CCC2)C1. The zero-order valence-corrected chi connectivity index (χ0v) is 19.5. The molecule has 0 spiro atoms. The van der Waals surface area contributed by atoms with E-state index in [2.05, 4.69) is 44.9 Å². The van der Waals surface area contributed by atoms with Crippen molar-refractivity contribution in [2.45, 2.75) is 90.0 Å². The first-order chi connectivity index (χ1) is 14.9. The Morgan fingerprint density at radius 2 is 2.03 bits per heavy atom. The number of nitrogen functional groups attached to an aromatic ring is 1. The molecule has 1 atom stereocenters. The molecule has 5 nitrogen and oxygen atoms in total. The van der Waals surface area contributed by atoms with Gasteiger partial charge in [-0.25, -0.2) is 9.97 Å². The first kappa shape index (κ1) is 21.6. The average Bonchev–Trinajstić information content (AvgIpc) is 2.72. The molecule has 1 heterocycles. The molecule has 31 heavy (non-hydrogen) atoms. The van der Waals surface area contributed by atoms with E-state index in [1.54, 1.807) is 0 Å². The maximum atomic E-state index is 9.96. The van der Waals surface area contributed by atoms with E-state index < -0.39 is 0 Å². The predicted molar refractivity (Wildman–Crippen MR) is 126 cm³/mol. The second-order valence-electron chi connectivity index (χ2n) is 9.60. The molecule has 0 saturated heterocycles. The fourth-order valence-electron chi connectivity index (χ4n) is 5.39. The molecule has 1 saturated carbocycles. The van der Waals surface area contributed by atoms with Crippen molar-refractivity contribution in [2.24, 2.45) is 0 Å². The highest BCUT2D eigenvalue weighted by Crippen LogP contribution is 2.44. The zero-order chi connectivity index (χ0) is 22.2. The number of nitrogens with zero attached hydrogens (tertiary/aromatic N) is 4. The van der Waals surface area contributed by atoms with Crippen LogP contribution in [0.25, 0.3) is 0 Å². The minimum Gasteiger partial charge on any atom is -0.398 e. The van der Waals surface area contributed by atoms with Crippen LogP contribution in [0.3, 0.4) is 0 Å². The van der Waals surface area contributed by atoms with E-state index in [1.165, 1.54) is 30.4 Å². The Balaban J connectivity index is 1.80. The normalized spacial score (nSPS) is 20.6. The molecule has 2 N–H and O–H groups in total. The maximum Gasteiger partial charge on any atom is 0.135 e. The number of nitrogens with two attached hydrogens (primary N) is 1. The first-order valence-electron chi connectivity index (χ1n) is 11.8. The molecule has 1 unspecified atom stereocenters. The lowest BCUT2D eigenvalue weighted by atomic mass is 9.67. The van der Waals surface area contributed by atoms with Gasteiger partial charge in [-0.3, -0.25) is 0 Å².